The smallest absolute Gasteiger partial charge is 0.237 e. The average Bonchev–Trinajstić information content (AvgIpc) is 3.12. The van der Waals surface area contributed by atoms with Gasteiger partial charge in [-0.2, -0.15) is 4.68 Å². The molecule has 3 aromatic rings. The third-order valence-electron chi connectivity index (χ3n) is 4.46. The molecule has 0 bridgehead atoms. The molecule has 10 heteroatoms. The van der Waals surface area contributed by atoms with Crippen molar-refractivity contribution >= 4 is 46.6 Å². The van der Waals surface area contributed by atoms with Crippen LogP contribution in [0.1, 0.15) is 13.3 Å². The SMILES string of the molecule is C[C@H]1CC(=O)Nc2ccccc2N1C(=O)CSc1nnnn1-c1ccc(Cl)cc1. The minimum Gasteiger partial charge on any atom is -0.324 e. The van der Waals surface area contributed by atoms with E-state index in [4.69, 9.17) is 11.6 Å². The van der Waals surface area contributed by atoms with Crippen LogP contribution in [0, 0.1) is 0 Å². The Morgan fingerprint density at radius 2 is 2.00 bits per heavy atom. The predicted molar refractivity (Wildman–Crippen MR) is 112 cm³/mol. The first-order chi connectivity index (χ1) is 14.0. The van der Waals surface area contributed by atoms with Gasteiger partial charge in [-0.1, -0.05) is 35.5 Å². The molecule has 1 aliphatic heterocycles. The number of hydrogen-bond acceptors (Lipinski definition) is 6. The van der Waals surface area contributed by atoms with Crippen molar-refractivity contribution in [2.75, 3.05) is 16.0 Å². The summed E-state index contributed by atoms with van der Waals surface area (Å²) >= 11 is 7.17. The number of hydrogen-bond donors (Lipinski definition) is 1. The molecule has 4 rings (SSSR count). The van der Waals surface area contributed by atoms with Gasteiger partial charge in [0.05, 0.1) is 22.8 Å². The average molecular weight is 429 g/mol. The van der Waals surface area contributed by atoms with Crippen LogP contribution in [0.25, 0.3) is 5.69 Å². The maximum atomic E-state index is 13.1. The summed E-state index contributed by atoms with van der Waals surface area (Å²) in [7, 11) is 0. The summed E-state index contributed by atoms with van der Waals surface area (Å²) in [5.41, 5.74) is 2.07. The quantitative estimate of drug-likeness (QED) is 0.641. The number of nitrogens with one attached hydrogen (secondary N) is 1. The van der Waals surface area contributed by atoms with E-state index in [1.807, 2.05) is 25.1 Å². The van der Waals surface area contributed by atoms with Gasteiger partial charge in [-0.3, -0.25) is 9.59 Å². The largest absolute Gasteiger partial charge is 0.324 e. The fourth-order valence-corrected chi connectivity index (χ4v) is 4.05. The number of thioether (sulfide) groups is 1. The lowest BCUT2D eigenvalue weighted by atomic mass is 10.2. The van der Waals surface area contributed by atoms with Gasteiger partial charge in [0.1, 0.15) is 0 Å². The van der Waals surface area contributed by atoms with Crippen LogP contribution in [0.5, 0.6) is 0 Å². The maximum Gasteiger partial charge on any atom is 0.237 e. The Morgan fingerprint density at radius 3 is 2.79 bits per heavy atom. The van der Waals surface area contributed by atoms with Gasteiger partial charge in [-0.05, 0) is 53.7 Å². The van der Waals surface area contributed by atoms with Crippen molar-refractivity contribution in [1.82, 2.24) is 20.2 Å². The zero-order valence-corrected chi connectivity index (χ0v) is 17.0. The van der Waals surface area contributed by atoms with Crippen LogP contribution < -0.4 is 10.2 Å². The van der Waals surface area contributed by atoms with E-state index in [0.717, 1.165) is 5.69 Å². The molecule has 0 spiro atoms. The van der Waals surface area contributed by atoms with Crippen molar-refractivity contribution in [1.29, 1.82) is 0 Å². The number of amides is 2. The molecule has 2 aromatic carbocycles. The monoisotopic (exact) mass is 428 g/mol. The minimum absolute atomic E-state index is 0.111. The molecule has 0 fully saturated rings. The molecule has 148 valence electrons. The Kier molecular flexibility index (Phi) is 5.50. The van der Waals surface area contributed by atoms with Crippen LogP contribution in [0.4, 0.5) is 11.4 Å². The second-order valence-corrected chi connectivity index (χ2v) is 7.90. The third-order valence-corrected chi connectivity index (χ3v) is 5.62. The number of carbonyl (C=O) groups excluding carboxylic acids is 2. The number of rotatable bonds is 4. The van der Waals surface area contributed by atoms with Crippen molar-refractivity contribution in [3.05, 3.63) is 53.6 Å². The molecule has 0 saturated heterocycles. The van der Waals surface area contributed by atoms with Crippen molar-refractivity contribution in [3.63, 3.8) is 0 Å². The van der Waals surface area contributed by atoms with E-state index >= 15 is 0 Å². The lowest BCUT2D eigenvalue weighted by molar-refractivity contribution is -0.117. The number of tetrazole rings is 1. The second kappa shape index (κ2) is 8.22. The molecule has 0 saturated carbocycles. The lowest BCUT2D eigenvalue weighted by Crippen LogP contribution is -2.40. The number of benzene rings is 2. The number of fused-ring (bicyclic) bond motifs is 1. The summed E-state index contributed by atoms with van der Waals surface area (Å²) in [6.45, 7) is 1.86. The van der Waals surface area contributed by atoms with E-state index < -0.39 is 0 Å². The molecule has 2 amide bonds. The molecule has 1 aromatic heterocycles. The molecule has 2 heterocycles. The summed E-state index contributed by atoms with van der Waals surface area (Å²) in [5.74, 6) is -0.113. The van der Waals surface area contributed by atoms with Gasteiger partial charge in [-0.15, -0.1) is 5.10 Å². The van der Waals surface area contributed by atoms with Crippen LogP contribution in [0.2, 0.25) is 5.02 Å². The first kappa shape index (κ1) is 19.4. The molecular weight excluding hydrogens is 412 g/mol. The highest BCUT2D eigenvalue weighted by Crippen LogP contribution is 2.32. The van der Waals surface area contributed by atoms with E-state index in [1.165, 1.54) is 11.8 Å². The fourth-order valence-electron chi connectivity index (χ4n) is 3.18. The van der Waals surface area contributed by atoms with Gasteiger partial charge in [0, 0.05) is 17.5 Å². The third kappa shape index (κ3) is 4.10. The Labute approximate surface area is 176 Å². The summed E-state index contributed by atoms with van der Waals surface area (Å²) in [6.07, 6.45) is 0.230. The summed E-state index contributed by atoms with van der Waals surface area (Å²) in [5, 5.41) is 15.7. The Bertz CT molecular complexity index is 1050. The number of carbonyl (C=O) groups is 2. The molecule has 0 radical (unpaired) electrons. The van der Waals surface area contributed by atoms with Crippen LogP contribution in [0.3, 0.4) is 0 Å². The topological polar surface area (TPSA) is 93.0 Å². The highest BCUT2D eigenvalue weighted by molar-refractivity contribution is 7.99. The predicted octanol–water partition coefficient (Wildman–Crippen LogP) is 3.17. The Morgan fingerprint density at radius 1 is 1.24 bits per heavy atom. The normalized spacial score (nSPS) is 16.1. The van der Waals surface area contributed by atoms with Crippen LogP contribution >= 0.6 is 23.4 Å². The van der Waals surface area contributed by atoms with E-state index in [-0.39, 0.29) is 30.0 Å². The van der Waals surface area contributed by atoms with Gasteiger partial charge >= 0.3 is 0 Å². The van der Waals surface area contributed by atoms with Gasteiger partial charge in [-0.25, -0.2) is 0 Å². The van der Waals surface area contributed by atoms with Gasteiger partial charge in [0.2, 0.25) is 17.0 Å². The van der Waals surface area contributed by atoms with Crippen LogP contribution in [-0.2, 0) is 9.59 Å². The molecule has 8 nitrogen and oxygen atoms in total. The van der Waals surface area contributed by atoms with Crippen molar-refractivity contribution in [2.45, 2.75) is 24.5 Å². The van der Waals surface area contributed by atoms with Crippen molar-refractivity contribution in [2.24, 2.45) is 0 Å². The van der Waals surface area contributed by atoms with E-state index in [1.54, 1.807) is 39.9 Å². The first-order valence-corrected chi connectivity index (χ1v) is 10.3. The Balaban J connectivity index is 1.54. The number of para-hydroxylation sites is 2. The number of halogens is 1. The first-order valence-electron chi connectivity index (χ1n) is 8.91. The highest BCUT2D eigenvalue weighted by Gasteiger charge is 2.29. The summed E-state index contributed by atoms with van der Waals surface area (Å²) in [4.78, 5) is 26.9. The van der Waals surface area contributed by atoms with Gasteiger partial charge in [0.25, 0.3) is 0 Å². The summed E-state index contributed by atoms with van der Waals surface area (Å²) < 4.78 is 1.55. The molecule has 0 aliphatic carbocycles. The minimum atomic E-state index is -0.265. The fraction of sp³-hybridized carbons (Fsp3) is 0.211. The standard InChI is InChI=1S/C19H17ClN6O2S/c1-12-10-17(27)21-15-4-2-3-5-16(15)25(12)18(28)11-29-19-22-23-24-26(19)14-8-6-13(20)7-9-14/h2-9,12H,10-11H2,1H3,(H,21,27)/t12-/m0/s1. The molecule has 1 atom stereocenters. The molecule has 0 unspecified atom stereocenters. The maximum absolute atomic E-state index is 13.1. The second-order valence-electron chi connectivity index (χ2n) is 6.52. The number of nitrogens with zero attached hydrogens (tertiary/aromatic N) is 5. The van der Waals surface area contributed by atoms with Crippen LogP contribution in [0.15, 0.2) is 53.7 Å². The lowest BCUT2D eigenvalue weighted by Gasteiger charge is -2.27. The zero-order chi connectivity index (χ0) is 20.4. The Hall–Kier alpha value is -2.91. The van der Waals surface area contributed by atoms with E-state index in [9.17, 15) is 9.59 Å². The van der Waals surface area contributed by atoms with Gasteiger partial charge in [0.15, 0.2) is 0 Å². The molecule has 29 heavy (non-hydrogen) atoms. The number of aromatic nitrogens is 4. The van der Waals surface area contributed by atoms with E-state index in [2.05, 4.69) is 20.8 Å². The van der Waals surface area contributed by atoms with Gasteiger partial charge < -0.3 is 10.2 Å². The van der Waals surface area contributed by atoms with Crippen LogP contribution in [-0.4, -0.2) is 43.8 Å². The van der Waals surface area contributed by atoms with Crippen molar-refractivity contribution < 1.29 is 9.59 Å². The van der Waals surface area contributed by atoms with E-state index in [0.29, 0.717) is 21.6 Å². The van der Waals surface area contributed by atoms with Crippen molar-refractivity contribution in [3.8, 4) is 5.69 Å². The summed E-state index contributed by atoms with van der Waals surface area (Å²) in [6, 6.07) is 14.1. The zero-order valence-electron chi connectivity index (χ0n) is 15.4. The molecule has 1 N–H and O–H groups in total. The highest BCUT2D eigenvalue weighted by atomic mass is 35.5. The number of anilines is 2. The molecule has 1 aliphatic rings. The molecular formula is C19H17ClN6O2S.